The molecule has 0 aliphatic heterocycles. The van der Waals surface area contributed by atoms with Gasteiger partial charge in [0.05, 0.1) is 22.8 Å². The summed E-state index contributed by atoms with van der Waals surface area (Å²) >= 11 is 5.82. The van der Waals surface area contributed by atoms with Crippen LogP contribution in [0.2, 0.25) is 5.02 Å². The van der Waals surface area contributed by atoms with Gasteiger partial charge in [0.2, 0.25) is 0 Å². The zero-order valence-electron chi connectivity index (χ0n) is 8.50. The zero-order valence-corrected chi connectivity index (χ0v) is 9.26. The van der Waals surface area contributed by atoms with Crippen molar-refractivity contribution in [2.24, 2.45) is 0 Å². The van der Waals surface area contributed by atoms with Gasteiger partial charge < -0.3 is 4.74 Å². The number of aryl methyl sites for hydroxylation is 1. The largest absolute Gasteiger partial charge is 0.462 e. The van der Waals surface area contributed by atoms with Crippen molar-refractivity contribution in [2.45, 2.75) is 13.8 Å². The van der Waals surface area contributed by atoms with Gasteiger partial charge in [-0.3, -0.25) is 0 Å². The summed E-state index contributed by atoms with van der Waals surface area (Å²) in [7, 11) is 0. The van der Waals surface area contributed by atoms with Gasteiger partial charge in [-0.25, -0.2) is 4.79 Å². The van der Waals surface area contributed by atoms with Crippen LogP contribution in [0.1, 0.15) is 28.4 Å². The number of carbonyl (C=O) groups excluding carboxylic acids is 1. The van der Waals surface area contributed by atoms with Crippen LogP contribution in [0, 0.1) is 18.3 Å². The number of hydrogen-bond donors (Lipinski definition) is 0. The predicted octanol–water partition coefficient (Wildman–Crippen LogP) is 2.70. The fourth-order valence-corrected chi connectivity index (χ4v) is 1.40. The second kappa shape index (κ2) is 4.81. The van der Waals surface area contributed by atoms with Crippen LogP contribution in [0.3, 0.4) is 0 Å². The summed E-state index contributed by atoms with van der Waals surface area (Å²) < 4.78 is 4.86. The first-order valence-electron chi connectivity index (χ1n) is 4.47. The first kappa shape index (κ1) is 11.5. The van der Waals surface area contributed by atoms with Crippen LogP contribution in [0.5, 0.6) is 0 Å². The first-order valence-corrected chi connectivity index (χ1v) is 4.85. The highest BCUT2D eigenvalue weighted by Crippen LogP contribution is 2.21. The van der Waals surface area contributed by atoms with Gasteiger partial charge in [0.15, 0.2) is 0 Å². The maximum absolute atomic E-state index is 11.5. The van der Waals surface area contributed by atoms with Gasteiger partial charge in [-0.1, -0.05) is 11.6 Å². The summed E-state index contributed by atoms with van der Waals surface area (Å²) in [5.74, 6) is -0.415. The molecule has 0 saturated carbocycles. The van der Waals surface area contributed by atoms with Gasteiger partial charge >= 0.3 is 5.97 Å². The predicted molar refractivity (Wildman–Crippen MR) is 56.9 cm³/mol. The molecule has 0 N–H and O–H groups in total. The molecule has 3 nitrogen and oxygen atoms in total. The minimum Gasteiger partial charge on any atom is -0.462 e. The molecule has 15 heavy (non-hydrogen) atoms. The lowest BCUT2D eigenvalue weighted by Gasteiger charge is -2.06. The number of esters is 1. The van der Waals surface area contributed by atoms with Crippen molar-refractivity contribution in [3.63, 3.8) is 0 Å². The van der Waals surface area contributed by atoms with Crippen molar-refractivity contribution >= 4 is 17.6 Å². The standard InChI is InChI=1S/C11H10ClNO2/c1-3-15-11(14)9-5-10(12)8(6-13)4-7(9)2/h4-5H,3H2,1-2H3. The molecule has 1 aromatic carbocycles. The Morgan fingerprint density at radius 3 is 2.80 bits per heavy atom. The van der Waals surface area contributed by atoms with E-state index in [4.69, 9.17) is 21.6 Å². The lowest BCUT2D eigenvalue weighted by atomic mass is 10.1. The monoisotopic (exact) mass is 223 g/mol. The third-order valence-electron chi connectivity index (χ3n) is 1.93. The quantitative estimate of drug-likeness (QED) is 0.725. The number of ether oxygens (including phenoxy) is 1. The Hall–Kier alpha value is -1.53. The molecular weight excluding hydrogens is 214 g/mol. The van der Waals surface area contributed by atoms with E-state index in [-0.39, 0.29) is 5.02 Å². The number of halogens is 1. The van der Waals surface area contributed by atoms with E-state index >= 15 is 0 Å². The number of rotatable bonds is 2. The van der Waals surface area contributed by atoms with Crippen molar-refractivity contribution in [3.8, 4) is 6.07 Å². The number of carbonyl (C=O) groups is 1. The van der Waals surface area contributed by atoms with E-state index in [2.05, 4.69) is 0 Å². The van der Waals surface area contributed by atoms with E-state index in [0.717, 1.165) is 0 Å². The van der Waals surface area contributed by atoms with Gasteiger partial charge in [-0.15, -0.1) is 0 Å². The number of hydrogen-bond acceptors (Lipinski definition) is 3. The molecule has 0 atom stereocenters. The second-order valence-corrected chi connectivity index (χ2v) is 3.39. The third-order valence-corrected chi connectivity index (χ3v) is 2.24. The SMILES string of the molecule is CCOC(=O)c1cc(Cl)c(C#N)cc1C. The maximum Gasteiger partial charge on any atom is 0.338 e. The average Bonchev–Trinajstić information content (AvgIpc) is 2.21. The van der Waals surface area contributed by atoms with Crippen molar-refractivity contribution < 1.29 is 9.53 Å². The highest BCUT2D eigenvalue weighted by molar-refractivity contribution is 6.32. The van der Waals surface area contributed by atoms with Gasteiger partial charge in [0.1, 0.15) is 6.07 Å². The zero-order chi connectivity index (χ0) is 11.4. The van der Waals surface area contributed by atoms with Crippen LogP contribution >= 0.6 is 11.6 Å². The van der Waals surface area contributed by atoms with Crippen molar-refractivity contribution in [1.82, 2.24) is 0 Å². The molecule has 1 rings (SSSR count). The summed E-state index contributed by atoms with van der Waals surface area (Å²) in [6, 6.07) is 4.99. The van der Waals surface area contributed by atoms with E-state index in [1.165, 1.54) is 6.07 Å². The van der Waals surface area contributed by atoms with Crippen LogP contribution in [0.15, 0.2) is 12.1 Å². The molecule has 4 heteroatoms. The van der Waals surface area contributed by atoms with E-state index in [0.29, 0.717) is 23.3 Å². The van der Waals surface area contributed by atoms with Crippen LogP contribution in [0.25, 0.3) is 0 Å². The minimum atomic E-state index is -0.415. The highest BCUT2D eigenvalue weighted by atomic mass is 35.5. The summed E-state index contributed by atoms with van der Waals surface area (Å²) in [5.41, 5.74) is 1.46. The summed E-state index contributed by atoms with van der Waals surface area (Å²) in [6.07, 6.45) is 0. The fraction of sp³-hybridized carbons (Fsp3) is 0.273. The van der Waals surface area contributed by atoms with Crippen LogP contribution < -0.4 is 0 Å². The van der Waals surface area contributed by atoms with Gasteiger partial charge in [0, 0.05) is 0 Å². The van der Waals surface area contributed by atoms with Gasteiger partial charge in [0.25, 0.3) is 0 Å². The topological polar surface area (TPSA) is 50.1 Å². The van der Waals surface area contributed by atoms with E-state index in [9.17, 15) is 4.79 Å². The molecule has 0 aliphatic carbocycles. The van der Waals surface area contributed by atoms with Crippen LogP contribution in [-0.4, -0.2) is 12.6 Å². The second-order valence-electron chi connectivity index (χ2n) is 2.98. The molecule has 0 aliphatic rings. The maximum atomic E-state index is 11.5. The minimum absolute atomic E-state index is 0.270. The molecule has 0 spiro atoms. The number of nitriles is 1. The van der Waals surface area contributed by atoms with E-state index in [1.807, 2.05) is 6.07 Å². The lowest BCUT2D eigenvalue weighted by molar-refractivity contribution is 0.0525. The Kier molecular flexibility index (Phi) is 3.70. The highest BCUT2D eigenvalue weighted by Gasteiger charge is 2.13. The molecule has 0 amide bonds. The van der Waals surface area contributed by atoms with E-state index in [1.54, 1.807) is 19.9 Å². The van der Waals surface area contributed by atoms with Crippen molar-refractivity contribution in [3.05, 3.63) is 33.8 Å². The summed E-state index contributed by atoms with van der Waals surface area (Å²) in [5, 5.41) is 8.99. The molecule has 0 unspecified atom stereocenters. The average molecular weight is 224 g/mol. The summed E-state index contributed by atoms with van der Waals surface area (Å²) in [4.78, 5) is 11.5. The van der Waals surface area contributed by atoms with Crippen molar-refractivity contribution in [1.29, 1.82) is 5.26 Å². The van der Waals surface area contributed by atoms with Crippen LogP contribution in [-0.2, 0) is 4.74 Å². The Balaban J connectivity index is 3.17. The number of benzene rings is 1. The van der Waals surface area contributed by atoms with Gasteiger partial charge in [-0.2, -0.15) is 5.26 Å². The molecule has 0 heterocycles. The smallest absolute Gasteiger partial charge is 0.338 e. The number of nitrogens with zero attached hydrogens (tertiary/aromatic N) is 1. The Bertz CT molecular complexity index is 435. The Morgan fingerprint density at radius 2 is 2.27 bits per heavy atom. The first-order chi connectivity index (χ1) is 7.10. The molecule has 78 valence electrons. The molecule has 0 bridgehead atoms. The molecule has 0 fully saturated rings. The van der Waals surface area contributed by atoms with Crippen molar-refractivity contribution in [2.75, 3.05) is 6.61 Å². The Morgan fingerprint density at radius 1 is 1.60 bits per heavy atom. The molecule has 0 aromatic heterocycles. The van der Waals surface area contributed by atoms with E-state index < -0.39 is 5.97 Å². The third kappa shape index (κ3) is 2.48. The van der Waals surface area contributed by atoms with Gasteiger partial charge in [-0.05, 0) is 31.5 Å². The molecular formula is C11H10ClNO2. The molecule has 0 radical (unpaired) electrons. The normalized spacial score (nSPS) is 9.47. The summed E-state index contributed by atoms with van der Waals surface area (Å²) in [6.45, 7) is 3.79. The van der Waals surface area contributed by atoms with Crippen LogP contribution in [0.4, 0.5) is 0 Å². The molecule has 0 saturated heterocycles. The lowest BCUT2D eigenvalue weighted by Crippen LogP contribution is -2.07. The fourth-order valence-electron chi connectivity index (χ4n) is 1.20. The molecule has 1 aromatic rings. The Labute approximate surface area is 93.2 Å².